The molecule has 128 valence electrons. The number of nitrogens with one attached hydrogen (secondary N) is 1. The van der Waals surface area contributed by atoms with Gasteiger partial charge in [-0.1, -0.05) is 26.8 Å². The molecule has 1 N–H and O–H groups in total. The standard InChI is InChI=1S/C18H22FN3O2/c1-4-15-12(8-20-22(15)9-11(2)3)18(23)21-14-10-24-16-7-5-6-13(19)17(14)16/h5-8,11,14H,4,9-10H2,1-3H3,(H,21,23)/t14-/m0/s1. The van der Waals surface area contributed by atoms with Crippen molar-refractivity contribution in [2.24, 2.45) is 5.92 Å². The van der Waals surface area contributed by atoms with Crippen LogP contribution in [-0.2, 0) is 13.0 Å². The summed E-state index contributed by atoms with van der Waals surface area (Å²) in [6.45, 7) is 7.22. The average Bonchev–Trinajstić information content (AvgIpc) is 3.11. The second-order valence-electron chi connectivity index (χ2n) is 6.42. The Kier molecular flexibility index (Phi) is 4.55. The van der Waals surface area contributed by atoms with Gasteiger partial charge in [-0.2, -0.15) is 5.10 Å². The van der Waals surface area contributed by atoms with Crippen molar-refractivity contribution < 1.29 is 13.9 Å². The molecule has 0 saturated heterocycles. The van der Waals surface area contributed by atoms with E-state index < -0.39 is 6.04 Å². The van der Waals surface area contributed by atoms with Gasteiger partial charge < -0.3 is 10.1 Å². The second-order valence-corrected chi connectivity index (χ2v) is 6.42. The molecule has 1 aromatic carbocycles. The van der Waals surface area contributed by atoms with Crippen LogP contribution in [0.2, 0.25) is 0 Å². The maximum Gasteiger partial charge on any atom is 0.255 e. The van der Waals surface area contributed by atoms with Gasteiger partial charge in [-0.3, -0.25) is 9.48 Å². The first-order chi connectivity index (χ1) is 11.5. The molecular weight excluding hydrogens is 309 g/mol. The summed E-state index contributed by atoms with van der Waals surface area (Å²) >= 11 is 0. The Morgan fingerprint density at radius 1 is 1.50 bits per heavy atom. The van der Waals surface area contributed by atoms with Crippen LogP contribution in [0.25, 0.3) is 0 Å². The number of amides is 1. The van der Waals surface area contributed by atoms with Gasteiger partial charge in [-0.05, 0) is 24.5 Å². The molecule has 24 heavy (non-hydrogen) atoms. The molecule has 1 aliphatic rings. The lowest BCUT2D eigenvalue weighted by molar-refractivity contribution is 0.0928. The lowest BCUT2D eigenvalue weighted by atomic mass is 10.1. The van der Waals surface area contributed by atoms with Gasteiger partial charge in [0.25, 0.3) is 5.91 Å². The van der Waals surface area contributed by atoms with Crippen LogP contribution in [0.5, 0.6) is 5.75 Å². The molecule has 2 aromatic rings. The molecule has 1 aromatic heterocycles. The van der Waals surface area contributed by atoms with Crippen molar-refractivity contribution in [1.82, 2.24) is 15.1 Å². The van der Waals surface area contributed by atoms with E-state index in [2.05, 4.69) is 24.3 Å². The monoisotopic (exact) mass is 331 g/mol. The fourth-order valence-corrected chi connectivity index (χ4v) is 3.06. The minimum atomic E-state index is -0.480. The molecule has 0 fully saturated rings. The minimum absolute atomic E-state index is 0.240. The summed E-state index contributed by atoms with van der Waals surface area (Å²) in [5.41, 5.74) is 1.86. The number of aromatic nitrogens is 2. The zero-order valence-corrected chi connectivity index (χ0v) is 14.2. The molecule has 0 aliphatic carbocycles. The highest BCUT2D eigenvalue weighted by Gasteiger charge is 2.30. The second kappa shape index (κ2) is 6.63. The molecule has 5 nitrogen and oxygen atoms in total. The number of halogens is 1. The van der Waals surface area contributed by atoms with Gasteiger partial charge >= 0.3 is 0 Å². The van der Waals surface area contributed by atoms with Crippen LogP contribution in [0.1, 0.15) is 48.4 Å². The third kappa shape index (κ3) is 3.00. The summed E-state index contributed by atoms with van der Waals surface area (Å²) in [7, 11) is 0. The van der Waals surface area contributed by atoms with Crippen molar-refractivity contribution in [1.29, 1.82) is 0 Å². The van der Waals surface area contributed by atoms with Gasteiger partial charge in [0.15, 0.2) is 0 Å². The van der Waals surface area contributed by atoms with Crippen LogP contribution in [0.3, 0.4) is 0 Å². The fraction of sp³-hybridized carbons (Fsp3) is 0.444. The third-order valence-electron chi connectivity index (χ3n) is 4.14. The largest absolute Gasteiger partial charge is 0.491 e. The van der Waals surface area contributed by atoms with E-state index in [0.29, 0.717) is 29.2 Å². The molecule has 1 amide bonds. The topological polar surface area (TPSA) is 56.1 Å². The van der Waals surface area contributed by atoms with Gasteiger partial charge in [0.05, 0.1) is 29.1 Å². The molecule has 3 rings (SSSR count). The van der Waals surface area contributed by atoms with Crippen LogP contribution in [0.4, 0.5) is 4.39 Å². The first-order valence-electron chi connectivity index (χ1n) is 8.28. The first-order valence-corrected chi connectivity index (χ1v) is 8.28. The summed E-state index contributed by atoms with van der Waals surface area (Å²) in [6.07, 6.45) is 2.30. The number of rotatable bonds is 5. The zero-order valence-electron chi connectivity index (χ0n) is 14.2. The Morgan fingerprint density at radius 3 is 3.00 bits per heavy atom. The normalized spacial score (nSPS) is 16.1. The quantitative estimate of drug-likeness (QED) is 0.916. The summed E-state index contributed by atoms with van der Waals surface area (Å²) in [4.78, 5) is 12.7. The first kappa shape index (κ1) is 16.5. The number of hydrogen-bond acceptors (Lipinski definition) is 3. The maximum atomic E-state index is 14.0. The van der Waals surface area contributed by atoms with Crippen molar-refractivity contribution in [3.8, 4) is 5.75 Å². The molecule has 0 radical (unpaired) electrons. The van der Waals surface area contributed by atoms with Gasteiger partial charge in [-0.15, -0.1) is 0 Å². The lowest BCUT2D eigenvalue weighted by Gasteiger charge is -2.13. The molecule has 0 unspecified atom stereocenters. The van der Waals surface area contributed by atoms with Gasteiger partial charge in [0.1, 0.15) is 18.2 Å². The van der Waals surface area contributed by atoms with E-state index in [1.54, 1.807) is 18.3 Å². The summed E-state index contributed by atoms with van der Waals surface area (Å²) in [5.74, 6) is 0.329. The average molecular weight is 331 g/mol. The number of carbonyl (C=O) groups excluding carboxylic acids is 1. The van der Waals surface area contributed by atoms with E-state index in [0.717, 1.165) is 12.2 Å². The molecular formula is C18H22FN3O2. The van der Waals surface area contributed by atoms with E-state index >= 15 is 0 Å². The third-order valence-corrected chi connectivity index (χ3v) is 4.14. The molecule has 6 heteroatoms. The van der Waals surface area contributed by atoms with E-state index in [4.69, 9.17) is 4.74 Å². The molecule has 0 saturated carbocycles. The fourth-order valence-electron chi connectivity index (χ4n) is 3.06. The zero-order chi connectivity index (χ0) is 17.3. The van der Waals surface area contributed by atoms with Gasteiger partial charge in [0, 0.05) is 6.54 Å². The predicted molar refractivity (Wildman–Crippen MR) is 88.5 cm³/mol. The Hall–Kier alpha value is -2.37. The number of hydrogen-bond donors (Lipinski definition) is 1. The van der Waals surface area contributed by atoms with E-state index in [-0.39, 0.29) is 18.3 Å². The highest BCUT2D eigenvalue weighted by molar-refractivity contribution is 5.95. The number of nitrogens with zero attached hydrogens (tertiary/aromatic N) is 2. The van der Waals surface area contributed by atoms with Crippen molar-refractivity contribution in [3.63, 3.8) is 0 Å². The van der Waals surface area contributed by atoms with Crippen molar-refractivity contribution in [2.45, 2.75) is 39.8 Å². The van der Waals surface area contributed by atoms with Crippen molar-refractivity contribution in [2.75, 3.05) is 6.61 Å². The Labute approximate surface area is 140 Å². The number of benzene rings is 1. The molecule has 0 bridgehead atoms. The van der Waals surface area contributed by atoms with E-state index in [1.807, 2.05) is 11.6 Å². The smallest absolute Gasteiger partial charge is 0.255 e. The molecule has 1 atom stereocenters. The highest BCUT2D eigenvalue weighted by Crippen LogP contribution is 2.34. The van der Waals surface area contributed by atoms with Gasteiger partial charge in [-0.25, -0.2) is 4.39 Å². The van der Waals surface area contributed by atoms with Crippen LogP contribution >= 0.6 is 0 Å². The summed E-state index contributed by atoms with van der Waals surface area (Å²) in [5, 5.41) is 7.21. The summed E-state index contributed by atoms with van der Waals surface area (Å²) < 4.78 is 21.4. The van der Waals surface area contributed by atoms with E-state index in [1.165, 1.54) is 6.07 Å². The van der Waals surface area contributed by atoms with Crippen LogP contribution in [0.15, 0.2) is 24.4 Å². The lowest BCUT2D eigenvalue weighted by Crippen LogP contribution is -2.30. The van der Waals surface area contributed by atoms with Crippen molar-refractivity contribution >= 4 is 5.91 Å². The highest BCUT2D eigenvalue weighted by atomic mass is 19.1. The molecule has 1 aliphatic heterocycles. The number of fused-ring (bicyclic) bond motifs is 1. The maximum absolute atomic E-state index is 14.0. The number of ether oxygens (including phenoxy) is 1. The predicted octanol–water partition coefficient (Wildman–Crippen LogP) is 3.10. The Bertz CT molecular complexity index is 755. The van der Waals surface area contributed by atoms with Crippen LogP contribution in [-0.4, -0.2) is 22.3 Å². The SMILES string of the molecule is CCc1c(C(=O)N[C@H]2COc3cccc(F)c32)cnn1CC(C)C. The van der Waals surface area contributed by atoms with Crippen LogP contribution in [0, 0.1) is 11.7 Å². The number of carbonyl (C=O) groups is 1. The minimum Gasteiger partial charge on any atom is -0.491 e. The Balaban J connectivity index is 1.81. The molecule has 0 spiro atoms. The van der Waals surface area contributed by atoms with Crippen molar-refractivity contribution in [3.05, 3.63) is 47.0 Å². The molecule has 2 heterocycles. The van der Waals surface area contributed by atoms with Crippen LogP contribution < -0.4 is 10.1 Å². The van der Waals surface area contributed by atoms with Gasteiger partial charge in [0.2, 0.25) is 0 Å². The Morgan fingerprint density at radius 2 is 2.29 bits per heavy atom. The summed E-state index contributed by atoms with van der Waals surface area (Å²) in [6, 6.07) is 4.21. The van der Waals surface area contributed by atoms with E-state index in [9.17, 15) is 9.18 Å².